The Hall–Kier alpha value is -2.11. The normalized spacial score (nSPS) is 15.8. The van der Waals surface area contributed by atoms with Crippen molar-refractivity contribution in [1.82, 2.24) is 10.3 Å². The lowest BCUT2D eigenvalue weighted by molar-refractivity contribution is -0.140. The summed E-state index contributed by atoms with van der Waals surface area (Å²) in [4.78, 5) is 38.3. The van der Waals surface area contributed by atoms with Crippen LogP contribution in [0.1, 0.15) is 54.7 Å². The number of carboxylic acids is 1. The number of fused-ring (bicyclic) bond motifs is 1. The van der Waals surface area contributed by atoms with Crippen molar-refractivity contribution in [1.29, 1.82) is 0 Å². The van der Waals surface area contributed by atoms with Gasteiger partial charge in [-0.2, -0.15) is 0 Å². The Labute approximate surface area is 128 Å². The van der Waals surface area contributed by atoms with Gasteiger partial charge in [0, 0.05) is 5.69 Å². The van der Waals surface area contributed by atoms with Crippen LogP contribution in [0.3, 0.4) is 0 Å². The van der Waals surface area contributed by atoms with Gasteiger partial charge in [-0.3, -0.25) is 9.59 Å². The van der Waals surface area contributed by atoms with Crippen LogP contribution in [0.2, 0.25) is 0 Å². The van der Waals surface area contributed by atoms with Crippen LogP contribution in [0.5, 0.6) is 0 Å². The second kappa shape index (κ2) is 6.77. The van der Waals surface area contributed by atoms with Gasteiger partial charge in [0.05, 0.1) is 0 Å². The van der Waals surface area contributed by atoms with Gasteiger partial charge in [0.2, 0.25) is 0 Å². The van der Waals surface area contributed by atoms with Gasteiger partial charge in [-0.15, -0.1) is 0 Å². The Kier molecular flexibility index (Phi) is 5.00. The van der Waals surface area contributed by atoms with Crippen molar-refractivity contribution in [3.63, 3.8) is 0 Å². The highest BCUT2D eigenvalue weighted by molar-refractivity contribution is 5.96. The smallest absolute Gasteiger partial charge is 0.326 e. The van der Waals surface area contributed by atoms with Crippen LogP contribution in [0, 0.1) is 5.92 Å². The quantitative estimate of drug-likeness (QED) is 0.734. The number of hydrogen-bond acceptors (Lipinski definition) is 3. The summed E-state index contributed by atoms with van der Waals surface area (Å²) in [6.07, 6.45) is 4.81. The predicted octanol–water partition coefficient (Wildman–Crippen LogP) is 1.48. The van der Waals surface area contributed by atoms with Crippen LogP contribution in [-0.2, 0) is 17.6 Å². The van der Waals surface area contributed by atoms with Gasteiger partial charge < -0.3 is 15.4 Å². The van der Waals surface area contributed by atoms with Gasteiger partial charge in [0.1, 0.15) is 11.6 Å². The Morgan fingerprint density at radius 1 is 1.23 bits per heavy atom. The first-order valence-corrected chi connectivity index (χ1v) is 7.69. The molecule has 22 heavy (non-hydrogen) atoms. The van der Waals surface area contributed by atoms with E-state index < -0.39 is 23.5 Å². The van der Waals surface area contributed by atoms with Crippen molar-refractivity contribution in [2.75, 3.05) is 0 Å². The number of amides is 1. The van der Waals surface area contributed by atoms with Gasteiger partial charge >= 0.3 is 5.97 Å². The summed E-state index contributed by atoms with van der Waals surface area (Å²) in [6.45, 7) is 3.42. The monoisotopic (exact) mass is 306 g/mol. The van der Waals surface area contributed by atoms with Gasteiger partial charge in [0.25, 0.3) is 11.5 Å². The molecule has 0 aliphatic heterocycles. The maximum absolute atomic E-state index is 12.3. The number of H-pyrrole nitrogens is 1. The molecule has 0 aromatic carbocycles. The highest BCUT2D eigenvalue weighted by atomic mass is 16.4. The van der Waals surface area contributed by atoms with E-state index in [-0.39, 0.29) is 11.5 Å². The Morgan fingerprint density at radius 3 is 2.55 bits per heavy atom. The average Bonchev–Trinajstić information content (AvgIpc) is 2.67. The minimum absolute atomic E-state index is 0.00690. The van der Waals surface area contributed by atoms with E-state index in [0.29, 0.717) is 0 Å². The molecule has 1 amide bonds. The number of carbonyl (C=O) groups is 2. The highest BCUT2D eigenvalue weighted by Gasteiger charge is 2.25. The highest BCUT2D eigenvalue weighted by Crippen LogP contribution is 2.18. The molecule has 1 aliphatic rings. The number of aliphatic carboxylic acids is 1. The van der Waals surface area contributed by atoms with Crippen molar-refractivity contribution in [2.24, 2.45) is 5.92 Å². The number of hydrogen-bond donors (Lipinski definition) is 3. The molecular weight excluding hydrogens is 284 g/mol. The first kappa shape index (κ1) is 16.3. The SMILES string of the molecule is CC(C)[C@@H](NC(=O)c1cc2c([nH]c1=O)CCCCC2)C(=O)O. The van der Waals surface area contributed by atoms with E-state index in [9.17, 15) is 14.4 Å². The summed E-state index contributed by atoms with van der Waals surface area (Å²) in [5.41, 5.74) is 1.43. The Balaban J connectivity index is 2.28. The lowest BCUT2D eigenvalue weighted by Crippen LogP contribution is -2.45. The molecule has 0 fully saturated rings. The lowest BCUT2D eigenvalue weighted by atomic mass is 10.0. The topological polar surface area (TPSA) is 99.3 Å². The number of aryl methyl sites for hydroxylation is 2. The van der Waals surface area contributed by atoms with Crippen molar-refractivity contribution in [3.8, 4) is 0 Å². The number of carbonyl (C=O) groups excluding carboxylic acids is 1. The number of aromatic amines is 1. The fraction of sp³-hybridized carbons (Fsp3) is 0.562. The minimum Gasteiger partial charge on any atom is -0.480 e. The van der Waals surface area contributed by atoms with Crippen LogP contribution in [0.25, 0.3) is 0 Å². The number of rotatable bonds is 4. The van der Waals surface area contributed by atoms with E-state index in [4.69, 9.17) is 5.11 Å². The lowest BCUT2D eigenvalue weighted by Gasteiger charge is -2.18. The van der Waals surface area contributed by atoms with E-state index in [2.05, 4.69) is 10.3 Å². The van der Waals surface area contributed by atoms with Crippen molar-refractivity contribution < 1.29 is 14.7 Å². The standard InChI is InChI=1S/C16H22N2O4/c1-9(2)13(16(21)22)18-15(20)11-8-10-6-4-3-5-7-12(10)17-14(11)19/h8-9,13H,3-7H2,1-2H3,(H,17,19)(H,18,20)(H,21,22)/t13-/m1/s1. The third-order valence-electron chi connectivity index (χ3n) is 4.05. The minimum atomic E-state index is -1.10. The summed E-state index contributed by atoms with van der Waals surface area (Å²) < 4.78 is 0. The van der Waals surface area contributed by atoms with Gasteiger partial charge in [-0.25, -0.2) is 4.79 Å². The number of nitrogens with one attached hydrogen (secondary N) is 2. The zero-order valence-electron chi connectivity index (χ0n) is 12.9. The molecule has 1 heterocycles. The van der Waals surface area contributed by atoms with Crippen LogP contribution in [-0.4, -0.2) is 28.0 Å². The van der Waals surface area contributed by atoms with E-state index in [0.717, 1.165) is 43.4 Å². The molecule has 1 aliphatic carbocycles. The second-order valence-corrected chi connectivity index (χ2v) is 6.11. The van der Waals surface area contributed by atoms with Gasteiger partial charge in [-0.05, 0) is 43.2 Å². The molecule has 2 rings (SSSR count). The Morgan fingerprint density at radius 2 is 1.91 bits per heavy atom. The molecular formula is C16H22N2O4. The maximum atomic E-state index is 12.3. The third-order valence-corrected chi connectivity index (χ3v) is 4.05. The molecule has 0 saturated heterocycles. The van der Waals surface area contributed by atoms with Gasteiger partial charge in [-0.1, -0.05) is 20.3 Å². The van der Waals surface area contributed by atoms with Gasteiger partial charge in [0.15, 0.2) is 0 Å². The van der Waals surface area contributed by atoms with E-state index in [1.54, 1.807) is 19.9 Å². The molecule has 0 spiro atoms. The largest absolute Gasteiger partial charge is 0.480 e. The molecule has 0 saturated carbocycles. The van der Waals surface area contributed by atoms with Crippen LogP contribution >= 0.6 is 0 Å². The fourth-order valence-electron chi connectivity index (χ4n) is 2.75. The molecule has 6 heteroatoms. The molecule has 1 aromatic heterocycles. The van der Waals surface area contributed by atoms with E-state index >= 15 is 0 Å². The van der Waals surface area contributed by atoms with Crippen molar-refractivity contribution >= 4 is 11.9 Å². The van der Waals surface area contributed by atoms with E-state index in [1.165, 1.54) is 0 Å². The fourth-order valence-corrected chi connectivity index (χ4v) is 2.75. The maximum Gasteiger partial charge on any atom is 0.326 e. The zero-order valence-corrected chi connectivity index (χ0v) is 12.9. The first-order chi connectivity index (χ1) is 10.4. The average molecular weight is 306 g/mol. The van der Waals surface area contributed by atoms with Crippen LogP contribution in [0.15, 0.2) is 10.9 Å². The van der Waals surface area contributed by atoms with Crippen LogP contribution in [0.4, 0.5) is 0 Å². The predicted molar refractivity (Wildman–Crippen MR) is 82.0 cm³/mol. The summed E-state index contributed by atoms with van der Waals surface area (Å²) in [5.74, 6) is -2.00. The first-order valence-electron chi connectivity index (χ1n) is 7.69. The zero-order chi connectivity index (χ0) is 16.3. The van der Waals surface area contributed by atoms with Crippen LogP contribution < -0.4 is 10.9 Å². The third kappa shape index (κ3) is 3.55. The molecule has 3 N–H and O–H groups in total. The summed E-state index contributed by atoms with van der Waals surface area (Å²) in [6, 6.07) is 0.611. The second-order valence-electron chi connectivity index (χ2n) is 6.11. The number of aromatic nitrogens is 1. The molecule has 120 valence electrons. The number of carboxylic acid groups (broad SMARTS) is 1. The molecule has 1 aromatic rings. The number of pyridine rings is 1. The summed E-state index contributed by atoms with van der Waals surface area (Å²) in [7, 11) is 0. The summed E-state index contributed by atoms with van der Waals surface area (Å²) in [5, 5.41) is 11.6. The molecule has 6 nitrogen and oxygen atoms in total. The Bertz CT molecular complexity index is 634. The molecule has 0 bridgehead atoms. The van der Waals surface area contributed by atoms with E-state index in [1.807, 2.05) is 0 Å². The molecule has 1 atom stereocenters. The van der Waals surface area contributed by atoms with Crippen molar-refractivity contribution in [2.45, 2.75) is 52.0 Å². The molecule has 0 radical (unpaired) electrons. The molecule has 0 unspecified atom stereocenters. The summed E-state index contributed by atoms with van der Waals surface area (Å²) >= 11 is 0. The van der Waals surface area contributed by atoms with Crippen molar-refractivity contribution in [3.05, 3.63) is 33.2 Å².